The monoisotopic (exact) mass is 304 g/mol. The third-order valence-electron chi connectivity index (χ3n) is 5.08. The summed E-state index contributed by atoms with van der Waals surface area (Å²) in [5.74, 6) is -0.513. The summed E-state index contributed by atoms with van der Waals surface area (Å²) in [6.45, 7) is 1.06. The van der Waals surface area contributed by atoms with E-state index in [9.17, 15) is 14.0 Å². The average Bonchev–Trinajstić information content (AvgIpc) is 2.79. The molecular weight excluding hydrogens is 283 g/mol. The molecule has 1 saturated heterocycles. The lowest BCUT2D eigenvalue weighted by atomic mass is 9.64. The van der Waals surface area contributed by atoms with Crippen LogP contribution in [-0.2, 0) is 15.0 Å². The van der Waals surface area contributed by atoms with E-state index < -0.39 is 0 Å². The second-order valence-electron chi connectivity index (χ2n) is 6.53. The molecule has 1 aromatic rings. The first-order chi connectivity index (χ1) is 10.5. The zero-order valence-corrected chi connectivity index (χ0v) is 12.8. The number of hydrogen-bond acceptors (Lipinski definition) is 2. The van der Waals surface area contributed by atoms with E-state index >= 15 is 0 Å². The van der Waals surface area contributed by atoms with Crippen LogP contribution in [0.1, 0.15) is 31.2 Å². The molecule has 0 aromatic heterocycles. The van der Waals surface area contributed by atoms with E-state index in [0.29, 0.717) is 19.5 Å². The molecule has 2 aliphatic rings. The predicted octanol–water partition coefficient (Wildman–Crippen LogP) is 1.84. The van der Waals surface area contributed by atoms with Gasteiger partial charge in [0.15, 0.2) is 0 Å². The summed E-state index contributed by atoms with van der Waals surface area (Å²) in [5.41, 5.74) is 1.01. The van der Waals surface area contributed by atoms with E-state index in [4.69, 9.17) is 0 Å². The molecule has 4 nitrogen and oxygen atoms in total. The van der Waals surface area contributed by atoms with Gasteiger partial charge in [-0.25, -0.2) is 4.39 Å². The van der Waals surface area contributed by atoms with Crippen LogP contribution in [0.4, 0.5) is 4.39 Å². The molecule has 1 aliphatic heterocycles. The lowest BCUT2D eigenvalue weighted by molar-refractivity contribution is -0.128. The van der Waals surface area contributed by atoms with Crippen molar-refractivity contribution in [2.75, 3.05) is 20.1 Å². The van der Waals surface area contributed by atoms with Gasteiger partial charge in [0.1, 0.15) is 5.82 Å². The van der Waals surface area contributed by atoms with E-state index in [0.717, 1.165) is 24.8 Å². The fourth-order valence-corrected chi connectivity index (χ4v) is 3.41. The molecule has 22 heavy (non-hydrogen) atoms. The predicted molar refractivity (Wildman–Crippen MR) is 80.7 cm³/mol. The number of hydrogen-bond donors (Lipinski definition) is 1. The Labute approximate surface area is 129 Å². The van der Waals surface area contributed by atoms with E-state index in [1.165, 1.54) is 12.1 Å². The van der Waals surface area contributed by atoms with Gasteiger partial charge in [-0.1, -0.05) is 18.6 Å². The smallest absolute Gasteiger partial charge is 0.225 e. The molecule has 1 aliphatic carbocycles. The van der Waals surface area contributed by atoms with Gasteiger partial charge >= 0.3 is 0 Å². The molecule has 1 saturated carbocycles. The maximum Gasteiger partial charge on any atom is 0.225 e. The highest BCUT2D eigenvalue weighted by atomic mass is 19.1. The largest absolute Gasteiger partial charge is 0.355 e. The van der Waals surface area contributed by atoms with Gasteiger partial charge in [0.25, 0.3) is 0 Å². The zero-order valence-electron chi connectivity index (χ0n) is 12.8. The van der Waals surface area contributed by atoms with Crippen LogP contribution in [0.15, 0.2) is 24.3 Å². The number of halogens is 1. The highest BCUT2D eigenvalue weighted by Gasteiger charge is 2.40. The number of carbonyl (C=O) groups is 2. The maximum absolute atomic E-state index is 13.1. The Balaban J connectivity index is 1.63. The Morgan fingerprint density at radius 3 is 2.55 bits per heavy atom. The van der Waals surface area contributed by atoms with Gasteiger partial charge < -0.3 is 10.2 Å². The second-order valence-corrected chi connectivity index (χ2v) is 6.53. The minimum Gasteiger partial charge on any atom is -0.355 e. The molecule has 1 heterocycles. The number of nitrogens with zero attached hydrogens (tertiary/aromatic N) is 1. The Hall–Kier alpha value is -1.91. The van der Waals surface area contributed by atoms with Crippen LogP contribution in [0, 0.1) is 11.7 Å². The van der Waals surface area contributed by atoms with Crippen LogP contribution in [0.25, 0.3) is 0 Å². The first kappa shape index (κ1) is 15.0. The fraction of sp³-hybridized carbons (Fsp3) is 0.529. The Bertz CT molecular complexity index is 581. The molecule has 0 bridgehead atoms. The third-order valence-corrected chi connectivity index (χ3v) is 5.08. The average molecular weight is 304 g/mol. The zero-order chi connectivity index (χ0) is 15.7. The van der Waals surface area contributed by atoms with Gasteiger partial charge in [-0.05, 0) is 30.5 Å². The summed E-state index contributed by atoms with van der Waals surface area (Å²) in [6, 6.07) is 6.57. The maximum atomic E-state index is 13.1. The molecule has 0 radical (unpaired) electrons. The summed E-state index contributed by atoms with van der Waals surface area (Å²) < 4.78 is 13.1. The van der Waals surface area contributed by atoms with Gasteiger partial charge in [-0.3, -0.25) is 9.59 Å². The summed E-state index contributed by atoms with van der Waals surface area (Å²) in [5, 5.41) is 3.01. The van der Waals surface area contributed by atoms with Crippen LogP contribution in [-0.4, -0.2) is 36.9 Å². The molecule has 0 unspecified atom stereocenters. The van der Waals surface area contributed by atoms with Crippen molar-refractivity contribution in [1.82, 2.24) is 10.2 Å². The summed E-state index contributed by atoms with van der Waals surface area (Å²) in [7, 11) is 1.72. The highest BCUT2D eigenvalue weighted by Crippen LogP contribution is 2.43. The first-order valence-electron chi connectivity index (χ1n) is 7.78. The molecule has 1 aromatic carbocycles. The third kappa shape index (κ3) is 2.72. The van der Waals surface area contributed by atoms with E-state index in [-0.39, 0.29) is 29.0 Å². The van der Waals surface area contributed by atoms with Gasteiger partial charge in [0.2, 0.25) is 11.8 Å². The van der Waals surface area contributed by atoms with Crippen molar-refractivity contribution in [3.05, 3.63) is 35.6 Å². The Morgan fingerprint density at radius 1 is 1.36 bits per heavy atom. The SMILES string of the molecule is CN1C[C@H](C(=O)NCC2(c3ccc(F)cc3)CCC2)CC1=O. The van der Waals surface area contributed by atoms with Gasteiger partial charge in [-0.2, -0.15) is 0 Å². The van der Waals surface area contributed by atoms with Crippen molar-refractivity contribution in [3.8, 4) is 0 Å². The Morgan fingerprint density at radius 2 is 2.05 bits per heavy atom. The summed E-state index contributed by atoms with van der Waals surface area (Å²) in [6.07, 6.45) is 3.43. The van der Waals surface area contributed by atoms with Crippen molar-refractivity contribution >= 4 is 11.8 Å². The fourth-order valence-electron chi connectivity index (χ4n) is 3.41. The molecule has 3 rings (SSSR count). The van der Waals surface area contributed by atoms with Crippen molar-refractivity contribution in [3.63, 3.8) is 0 Å². The van der Waals surface area contributed by atoms with E-state index in [2.05, 4.69) is 5.32 Å². The number of likely N-dealkylation sites (tertiary alicyclic amines) is 1. The minimum atomic E-state index is -0.247. The normalized spacial score (nSPS) is 23.3. The molecule has 2 fully saturated rings. The van der Waals surface area contributed by atoms with Crippen LogP contribution in [0.2, 0.25) is 0 Å². The van der Waals surface area contributed by atoms with Crippen molar-refractivity contribution in [1.29, 1.82) is 0 Å². The van der Waals surface area contributed by atoms with Crippen LogP contribution < -0.4 is 5.32 Å². The number of carbonyl (C=O) groups excluding carboxylic acids is 2. The first-order valence-corrected chi connectivity index (χ1v) is 7.78. The number of nitrogens with one attached hydrogen (secondary N) is 1. The van der Waals surface area contributed by atoms with Crippen molar-refractivity contribution < 1.29 is 14.0 Å². The lowest BCUT2D eigenvalue weighted by Gasteiger charge is -2.42. The summed E-state index contributed by atoms with van der Waals surface area (Å²) in [4.78, 5) is 25.4. The van der Waals surface area contributed by atoms with Crippen LogP contribution in [0.3, 0.4) is 0 Å². The van der Waals surface area contributed by atoms with E-state index in [1.54, 1.807) is 11.9 Å². The van der Waals surface area contributed by atoms with Crippen LogP contribution in [0.5, 0.6) is 0 Å². The second kappa shape index (κ2) is 5.71. The number of benzene rings is 1. The molecule has 118 valence electrons. The van der Waals surface area contributed by atoms with Gasteiger partial charge in [0, 0.05) is 32.0 Å². The van der Waals surface area contributed by atoms with Crippen molar-refractivity contribution in [2.45, 2.75) is 31.1 Å². The topological polar surface area (TPSA) is 49.4 Å². The van der Waals surface area contributed by atoms with E-state index in [1.807, 2.05) is 12.1 Å². The lowest BCUT2D eigenvalue weighted by Crippen LogP contribution is -2.47. The molecular formula is C17H21FN2O2. The quantitative estimate of drug-likeness (QED) is 0.923. The number of rotatable bonds is 4. The minimum absolute atomic E-state index is 0.0250. The number of amides is 2. The molecule has 0 spiro atoms. The molecule has 5 heteroatoms. The molecule has 1 N–H and O–H groups in total. The van der Waals surface area contributed by atoms with Gasteiger partial charge in [0.05, 0.1) is 5.92 Å². The molecule has 1 atom stereocenters. The highest BCUT2D eigenvalue weighted by molar-refractivity contribution is 5.89. The standard InChI is InChI=1S/C17H21FN2O2/c1-20-10-12(9-15(20)21)16(22)19-11-17(7-2-8-17)13-3-5-14(18)6-4-13/h3-6,12H,2,7-11H2,1H3,(H,19,22)/t12-/m1/s1. The molecule has 2 amide bonds. The van der Waals surface area contributed by atoms with Gasteiger partial charge in [-0.15, -0.1) is 0 Å². The van der Waals surface area contributed by atoms with Crippen LogP contribution >= 0.6 is 0 Å². The summed E-state index contributed by atoms with van der Waals surface area (Å²) >= 11 is 0. The van der Waals surface area contributed by atoms with Crippen molar-refractivity contribution in [2.24, 2.45) is 5.92 Å². The Kier molecular flexibility index (Phi) is 3.89.